The van der Waals surface area contributed by atoms with Gasteiger partial charge in [-0.3, -0.25) is 9.59 Å². The van der Waals surface area contributed by atoms with E-state index >= 15 is 0 Å². The molecule has 1 amide bonds. The quantitative estimate of drug-likeness (QED) is 0.769. The molecule has 0 spiro atoms. The molecule has 5 nitrogen and oxygen atoms in total. The van der Waals surface area contributed by atoms with Gasteiger partial charge >= 0.3 is 5.97 Å². The number of ether oxygens (including phenoxy) is 1. The van der Waals surface area contributed by atoms with Gasteiger partial charge in [0, 0.05) is 5.56 Å². The zero-order valence-corrected chi connectivity index (χ0v) is 10.6. The Morgan fingerprint density at radius 3 is 2.68 bits per heavy atom. The Morgan fingerprint density at radius 2 is 2.11 bits per heavy atom. The highest BCUT2D eigenvalue weighted by Gasteiger charge is 2.17. The monoisotopic (exact) mass is 261 g/mol. The van der Waals surface area contributed by atoms with E-state index in [-0.39, 0.29) is 18.9 Å². The van der Waals surface area contributed by atoms with Crippen LogP contribution in [0.25, 0.3) is 0 Å². The van der Waals surface area contributed by atoms with E-state index in [0.717, 1.165) is 4.90 Å². The van der Waals surface area contributed by atoms with Crippen molar-refractivity contribution in [2.24, 2.45) is 0 Å². The van der Waals surface area contributed by atoms with Gasteiger partial charge in [-0.05, 0) is 6.07 Å². The van der Waals surface area contributed by atoms with E-state index in [0.29, 0.717) is 11.3 Å². The van der Waals surface area contributed by atoms with Crippen LogP contribution in [0.15, 0.2) is 24.3 Å². The number of carbonyl (C=O) groups is 2. The van der Waals surface area contributed by atoms with Crippen LogP contribution in [0.3, 0.4) is 0 Å². The normalized spacial score (nSPS) is 9.47. The Bertz CT molecular complexity index is 504. The molecule has 1 N–H and O–H groups in total. The van der Waals surface area contributed by atoms with Gasteiger partial charge in [0.15, 0.2) is 0 Å². The van der Waals surface area contributed by atoms with Gasteiger partial charge in [-0.25, -0.2) is 0 Å². The number of aliphatic carboxylic acids is 1. The number of amides is 1. The first-order chi connectivity index (χ1) is 9.08. The number of carboxylic acids is 1. The van der Waals surface area contributed by atoms with Crippen molar-refractivity contribution >= 4 is 11.9 Å². The van der Waals surface area contributed by atoms with Gasteiger partial charge in [-0.2, -0.15) is 0 Å². The summed E-state index contributed by atoms with van der Waals surface area (Å²) >= 11 is 0. The number of hydrogen-bond donors (Lipinski definition) is 1. The van der Waals surface area contributed by atoms with Crippen LogP contribution in [0.2, 0.25) is 0 Å². The second-order valence-electron chi connectivity index (χ2n) is 3.84. The molecule has 0 saturated carbocycles. The maximum Gasteiger partial charge on any atom is 0.323 e. The Balaban J connectivity index is 2.81. The van der Waals surface area contributed by atoms with E-state index in [1.165, 1.54) is 7.11 Å². The lowest BCUT2D eigenvalue weighted by atomic mass is 10.1. The maximum absolute atomic E-state index is 12.0. The predicted octanol–water partition coefficient (Wildman–Crippen LogP) is 0.784. The molecule has 0 fully saturated rings. The third-order valence-corrected chi connectivity index (χ3v) is 2.50. The average Bonchev–Trinajstić information content (AvgIpc) is 2.38. The van der Waals surface area contributed by atoms with Crippen LogP contribution in [-0.4, -0.2) is 42.1 Å². The van der Waals surface area contributed by atoms with Crippen molar-refractivity contribution in [3.63, 3.8) is 0 Å². The van der Waals surface area contributed by atoms with E-state index in [1.54, 1.807) is 24.3 Å². The highest BCUT2D eigenvalue weighted by atomic mass is 16.5. The molecule has 0 heterocycles. The summed E-state index contributed by atoms with van der Waals surface area (Å²) in [6.07, 6.45) is 5.19. The highest BCUT2D eigenvalue weighted by Crippen LogP contribution is 2.18. The smallest absolute Gasteiger partial charge is 0.323 e. The lowest BCUT2D eigenvalue weighted by Gasteiger charge is -2.18. The molecule has 0 unspecified atom stereocenters. The number of carboxylic acid groups (broad SMARTS) is 1. The molecule has 0 aliphatic carbocycles. The number of rotatable bonds is 6. The van der Waals surface area contributed by atoms with E-state index in [4.69, 9.17) is 16.3 Å². The van der Waals surface area contributed by atoms with Gasteiger partial charge < -0.3 is 14.7 Å². The molecule has 0 saturated heterocycles. The molecule has 1 rings (SSSR count). The molecule has 0 radical (unpaired) electrons. The summed E-state index contributed by atoms with van der Waals surface area (Å²) in [6, 6.07) is 7.08. The van der Waals surface area contributed by atoms with Gasteiger partial charge in [0.2, 0.25) is 5.91 Å². The van der Waals surface area contributed by atoms with E-state index in [2.05, 4.69) is 5.92 Å². The van der Waals surface area contributed by atoms with E-state index in [1.807, 2.05) is 0 Å². The molecule has 0 bridgehead atoms. The van der Waals surface area contributed by atoms with Crippen LogP contribution in [0, 0.1) is 12.3 Å². The molecule has 100 valence electrons. The average molecular weight is 261 g/mol. The first kappa shape index (κ1) is 14.6. The summed E-state index contributed by atoms with van der Waals surface area (Å²) in [5.74, 6) is 1.43. The summed E-state index contributed by atoms with van der Waals surface area (Å²) in [4.78, 5) is 23.8. The lowest BCUT2D eigenvalue weighted by molar-refractivity contribution is -0.143. The fraction of sp³-hybridized carbons (Fsp3) is 0.286. The zero-order chi connectivity index (χ0) is 14.3. The Labute approximate surface area is 111 Å². The molecular formula is C14H15NO4. The van der Waals surface area contributed by atoms with Crippen LogP contribution < -0.4 is 4.74 Å². The molecule has 19 heavy (non-hydrogen) atoms. The second kappa shape index (κ2) is 7.07. The van der Waals surface area contributed by atoms with Crippen LogP contribution >= 0.6 is 0 Å². The molecule has 1 aromatic carbocycles. The van der Waals surface area contributed by atoms with Crippen LogP contribution in [-0.2, 0) is 16.0 Å². The number of methoxy groups -OCH3 is 1. The van der Waals surface area contributed by atoms with Crippen molar-refractivity contribution in [3.8, 4) is 18.1 Å². The molecule has 0 aliphatic rings. The first-order valence-corrected chi connectivity index (χ1v) is 5.63. The fourth-order valence-electron chi connectivity index (χ4n) is 1.63. The third-order valence-electron chi connectivity index (χ3n) is 2.50. The minimum absolute atomic E-state index is 0.0275. The second-order valence-corrected chi connectivity index (χ2v) is 3.84. The minimum Gasteiger partial charge on any atom is -0.496 e. The maximum atomic E-state index is 12.0. The zero-order valence-electron chi connectivity index (χ0n) is 10.6. The predicted molar refractivity (Wildman–Crippen MR) is 69.7 cm³/mol. The van der Waals surface area contributed by atoms with Crippen molar-refractivity contribution in [1.82, 2.24) is 4.90 Å². The van der Waals surface area contributed by atoms with Crippen LogP contribution in [0.4, 0.5) is 0 Å². The highest BCUT2D eigenvalue weighted by molar-refractivity contribution is 5.83. The largest absolute Gasteiger partial charge is 0.496 e. The summed E-state index contributed by atoms with van der Waals surface area (Å²) < 4.78 is 5.14. The summed E-state index contributed by atoms with van der Waals surface area (Å²) in [5, 5.41) is 8.74. The number of benzene rings is 1. The summed E-state index contributed by atoms with van der Waals surface area (Å²) in [7, 11) is 1.51. The van der Waals surface area contributed by atoms with Gasteiger partial charge in [0.25, 0.3) is 0 Å². The number of carbonyl (C=O) groups excluding carboxylic acids is 1. The fourth-order valence-corrected chi connectivity index (χ4v) is 1.63. The standard InChI is InChI=1S/C14H15NO4/c1-3-8-15(10-14(17)18)13(16)9-11-6-4-5-7-12(11)19-2/h1,4-7H,8-10H2,2H3,(H,17,18). The van der Waals surface area contributed by atoms with Gasteiger partial charge in [0.1, 0.15) is 12.3 Å². The van der Waals surface area contributed by atoms with E-state index in [9.17, 15) is 9.59 Å². The van der Waals surface area contributed by atoms with Crippen molar-refractivity contribution in [2.45, 2.75) is 6.42 Å². The van der Waals surface area contributed by atoms with Gasteiger partial charge in [-0.15, -0.1) is 6.42 Å². The number of hydrogen-bond acceptors (Lipinski definition) is 3. The number of terminal acetylenes is 1. The molecule has 0 atom stereocenters. The molecular weight excluding hydrogens is 246 g/mol. The Morgan fingerprint density at radius 1 is 1.42 bits per heavy atom. The Kier molecular flexibility index (Phi) is 5.42. The van der Waals surface area contributed by atoms with Crippen LogP contribution in [0.5, 0.6) is 5.75 Å². The van der Waals surface area contributed by atoms with Crippen LogP contribution in [0.1, 0.15) is 5.56 Å². The molecule has 0 aliphatic heterocycles. The summed E-state index contributed by atoms with van der Waals surface area (Å²) in [6.45, 7) is -0.432. The van der Waals surface area contributed by atoms with Crippen molar-refractivity contribution in [1.29, 1.82) is 0 Å². The van der Waals surface area contributed by atoms with E-state index < -0.39 is 12.5 Å². The minimum atomic E-state index is -1.09. The Hall–Kier alpha value is -2.48. The van der Waals surface area contributed by atoms with Crippen molar-refractivity contribution in [2.75, 3.05) is 20.2 Å². The van der Waals surface area contributed by atoms with Gasteiger partial charge in [0.05, 0.1) is 20.1 Å². The third kappa shape index (κ3) is 4.36. The first-order valence-electron chi connectivity index (χ1n) is 5.63. The topological polar surface area (TPSA) is 66.8 Å². The molecule has 0 aromatic heterocycles. The van der Waals surface area contributed by atoms with Crippen molar-refractivity contribution in [3.05, 3.63) is 29.8 Å². The number of para-hydroxylation sites is 1. The molecule has 1 aromatic rings. The lowest BCUT2D eigenvalue weighted by Crippen LogP contribution is -2.37. The summed E-state index contributed by atoms with van der Waals surface area (Å²) in [5.41, 5.74) is 0.697. The SMILES string of the molecule is C#CCN(CC(=O)O)C(=O)Cc1ccccc1OC. The number of nitrogens with zero attached hydrogens (tertiary/aromatic N) is 1. The van der Waals surface area contributed by atoms with Crippen molar-refractivity contribution < 1.29 is 19.4 Å². The van der Waals surface area contributed by atoms with Gasteiger partial charge in [-0.1, -0.05) is 24.1 Å². The molecule has 5 heteroatoms.